The van der Waals surface area contributed by atoms with Gasteiger partial charge in [0.15, 0.2) is 0 Å². The van der Waals surface area contributed by atoms with Gasteiger partial charge >= 0.3 is 0 Å². The first-order valence-electron chi connectivity index (χ1n) is 9.18. The molecular formula is C20H25ClN3O3S+. The zero-order valence-corrected chi connectivity index (χ0v) is 17.6. The topological polar surface area (TPSA) is 70.9 Å². The third-order valence-corrected chi connectivity index (χ3v) is 7.12. The number of nitrogens with zero attached hydrogens (tertiary/aromatic N) is 1. The van der Waals surface area contributed by atoms with Crippen molar-refractivity contribution in [3.8, 4) is 0 Å². The van der Waals surface area contributed by atoms with Crippen LogP contribution in [0.5, 0.6) is 0 Å². The number of sulfonamides is 1. The van der Waals surface area contributed by atoms with E-state index in [9.17, 15) is 13.2 Å². The number of quaternary nitrogens is 1. The average molecular weight is 423 g/mol. The SMILES string of the molecule is CN(C)S(=O)(=O)c1ccc(Cl)c(C(=O)N[C@H]2CC[NH+](Cc3ccccc3)C2)c1. The Morgan fingerprint density at radius 3 is 2.61 bits per heavy atom. The fourth-order valence-corrected chi connectivity index (χ4v) is 4.54. The van der Waals surface area contributed by atoms with Crippen molar-refractivity contribution in [2.75, 3.05) is 27.2 Å². The molecule has 1 fully saturated rings. The van der Waals surface area contributed by atoms with Gasteiger partial charge < -0.3 is 10.2 Å². The van der Waals surface area contributed by atoms with Crippen molar-refractivity contribution in [2.24, 2.45) is 0 Å². The molecular weight excluding hydrogens is 398 g/mol. The number of hydrogen-bond acceptors (Lipinski definition) is 3. The zero-order chi connectivity index (χ0) is 20.3. The first-order valence-corrected chi connectivity index (χ1v) is 11.0. The van der Waals surface area contributed by atoms with E-state index in [0.29, 0.717) is 0 Å². The van der Waals surface area contributed by atoms with Crippen molar-refractivity contribution in [1.82, 2.24) is 9.62 Å². The van der Waals surface area contributed by atoms with Gasteiger partial charge in [-0.05, 0) is 18.2 Å². The van der Waals surface area contributed by atoms with E-state index in [1.807, 2.05) is 18.2 Å². The van der Waals surface area contributed by atoms with Crippen molar-refractivity contribution >= 4 is 27.5 Å². The minimum Gasteiger partial charge on any atom is -0.343 e. The van der Waals surface area contributed by atoms with Crippen LogP contribution in [-0.2, 0) is 16.6 Å². The zero-order valence-electron chi connectivity index (χ0n) is 16.0. The molecule has 2 atom stereocenters. The van der Waals surface area contributed by atoms with Gasteiger partial charge in [0.05, 0.1) is 34.6 Å². The number of rotatable bonds is 6. The molecule has 0 spiro atoms. The van der Waals surface area contributed by atoms with E-state index in [-0.39, 0.29) is 27.4 Å². The molecule has 2 aromatic carbocycles. The second-order valence-corrected chi connectivity index (χ2v) is 9.81. The fraction of sp³-hybridized carbons (Fsp3) is 0.350. The van der Waals surface area contributed by atoms with Gasteiger partial charge in [-0.3, -0.25) is 4.79 Å². The maximum atomic E-state index is 12.7. The summed E-state index contributed by atoms with van der Waals surface area (Å²) in [7, 11) is -0.728. The molecule has 0 radical (unpaired) electrons. The van der Waals surface area contributed by atoms with Crippen molar-refractivity contribution in [3.05, 3.63) is 64.7 Å². The predicted molar refractivity (Wildman–Crippen MR) is 109 cm³/mol. The second kappa shape index (κ2) is 8.61. The number of carbonyl (C=O) groups is 1. The summed E-state index contributed by atoms with van der Waals surface area (Å²) in [5.41, 5.74) is 1.45. The summed E-state index contributed by atoms with van der Waals surface area (Å²) < 4.78 is 25.8. The van der Waals surface area contributed by atoms with E-state index in [2.05, 4.69) is 17.4 Å². The maximum absolute atomic E-state index is 12.7. The summed E-state index contributed by atoms with van der Waals surface area (Å²) in [5.74, 6) is -0.341. The van der Waals surface area contributed by atoms with Crippen LogP contribution in [0, 0.1) is 0 Å². The van der Waals surface area contributed by atoms with Gasteiger partial charge in [0, 0.05) is 26.1 Å². The van der Waals surface area contributed by atoms with E-state index in [1.165, 1.54) is 42.8 Å². The van der Waals surface area contributed by atoms with Crippen molar-refractivity contribution in [2.45, 2.75) is 23.9 Å². The summed E-state index contributed by atoms with van der Waals surface area (Å²) in [5, 5.41) is 3.24. The van der Waals surface area contributed by atoms with Gasteiger partial charge in [-0.2, -0.15) is 0 Å². The summed E-state index contributed by atoms with van der Waals surface area (Å²) in [6, 6.07) is 14.5. The molecule has 3 rings (SSSR count). The van der Waals surface area contributed by atoms with Gasteiger partial charge in [0.25, 0.3) is 5.91 Å². The smallest absolute Gasteiger partial charge is 0.253 e. The normalized spacial score (nSPS) is 19.7. The molecule has 1 unspecified atom stereocenters. The van der Waals surface area contributed by atoms with Crippen molar-refractivity contribution in [3.63, 3.8) is 0 Å². The van der Waals surface area contributed by atoms with Crippen LogP contribution < -0.4 is 10.2 Å². The average Bonchev–Trinajstić information content (AvgIpc) is 3.09. The van der Waals surface area contributed by atoms with Crippen molar-refractivity contribution in [1.29, 1.82) is 0 Å². The van der Waals surface area contributed by atoms with Crippen LogP contribution in [0.25, 0.3) is 0 Å². The molecule has 0 aromatic heterocycles. The molecule has 1 saturated heterocycles. The molecule has 1 heterocycles. The molecule has 28 heavy (non-hydrogen) atoms. The quantitative estimate of drug-likeness (QED) is 0.734. The first-order chi connectivity index (χ1) is 13.3. The van der Waals surface area contributed by atoms with E-state index < -0.39 is 10.0 Å². The minimum absolute atomic E-state index is 0.0383. The largest absolute Gasteiger partial charge is 0.343 e. The van der Waals surface area contributed by atoms with E-state index in [4.69, 9.17) is 11.6 Å². The van der Waals surface area contributed by atoms with E-state index >= 15 is 0 Å². The molecule has 0 bridgehead atoms. The molecule has 8 heteroatoms. The Hall–Kier alpha value is -1.93. The number of likely N-dealkylation sites (tertiary alicyclic amines) is 1. The van der Waals surface area contributed by atoms with Crippen LogP contribution in [0.4, 0.5) is 0 Å². The van der Waals surface area contributed by atoms with Gasteiger partial charge in [0.1, 0.15) is 6.54 Å². The predicted octanol–water partition coefficient (Wildman–Crippen LogP) is 1.18. The third-order valence-electron chi connectivity index (χ3n) is 4.97. The lowest BCUT2D eigenvalue weighted by molar-refractivity contribution is -0.901. The molecule has 0 saturated carbocycles. The Morgan fingerprint density at radius 2 is 1.93 bits per heavy atom. The Morgan fingerprint density at radius 1 is 1.21 bits per heavy atom. The lowest BCUT2D eigenvalue weighted by Gasteiger charge is -2.16. The van der Waals surface area contributed by atoms with Gasteiger partial charge in [0.2, 0.25) is 10.0 Å². The van der Waals surface area contributed by atoms with Crippen LogP contribution in [0.3, 0.4) is 0 Å². The summed E-state index contributed by atoms with van der Waals surface area (Å²) in [4.78, 5) is 14.2. The number of nitrogens with one attached hydrogen (secondary N) is 2. The monoisotopic (exact) mass is 422 g/mol. The molecule has 1 aliphatic heterocycles. The summed E-state index contributed by atoms with van der Waals surface area (Å²) in [6.07, 6.45) is 0.876. The van der Waals surface area contributed by atoms with Crippen LogP contribution >= 0.6 is 11.6 Å². The summed E-state index contributed by atoms with van der Waals surface area (Å²) >= 11 is 6.17. The number of hydrogen-bond donors (Lipinski definition) is 2. The van der Waals surface area contributed by atoms with E-state index in [1.54, 1.807) is 0 Å². The van der Waals surface area contributed by atoms with Gasteiger partial charge in [-0.1, -0.05) is 41.9 Å². The second-order valence-electron chi connectivity index (χ2n) is 7.25. The highest BCUT2D eigenvalue weighted by Gasteiger charge is 2.29. The first kappa shape index (κ1) is 20.8. The highest BCUT2D eigenvalue weighted by Crippen LogP contribution is 2.22. The highest BCUT2D eigenvalue weighted by atomic mass is 35.5. The Kier molecular flexibility index (Phi) is 6.40. The summed E-state index contributed by atoms with van der Waals surface area (Å²) in [6.45, 7) is 2.72. The Bertz CT molecular complexity index is 948. The van der Waals surface area contributed by atoms with Crippen LogP contribution in [-0.4, -0.2) is 51.9 Å². The standard InChI is InChI=1S/C20H24ClN3O3S/c1-23(2)28(26,27)17-8-9-19(21)18(12-17)20(25)22-16-10-11-24(14-16)13-15-6-4-3-5-7-15/h3-9,12,16H,10-11,13-14H2,1-2H3,(H,22,25)/p+1/t16-/m0/s1. The number of amides is 1. The van der Waals surface area contributed by atoms with Crippen molar-refractivity contribution < 1.29 is 18.1 Å². The van der Waals surface area contributed by atoms with E-state index in [0.717, 1.165) is 30.4 Å². The molecule has 1 amide bonds. The molecule has 150 valence electrons. The minimum atomic E-state index is -3.63. The Balaban J connectivity index is 1.67. The van der Waals surface area contributed by atoms with Crippen LogP contribution in [0.1, 0.15) is 22.3 Å². The number of halogens is 1. The molecule has 6 nitrogen and oxygen atoms in total. The highest BCUT2D eigenvalue weighted by molar-refractivity contribution is 7.89. The van der Waals surface area contributed by atoms with Crippen LogP contribution in [0.2, 0.25) is 5.02 Å². The molecule has 1 aliphatic rings. The number of benzene rings is 2. The lowest BCUT2D eigenvalue weighted by Crippen LogP contribution is -3.09. The molecule has 2 aromatic rings. The van der Waals surface area contributed by atoms with Gasteiger partial charge in [-0.25, -0.2) is 12.7 Å². The Labute approximate surface area is 171 Å². The maximum Gasteiger partial charge on any atom is 0.253 e. The van der Waals surface area contributed by atoms with Gasteiger partial charge in [-0.15, -0.1) is 0 Å². The van der Waals surface area contributed by atoms with Crippen LogP contribution in [0.15, 0.2) is 53.4 Å². The molecule has 0 aliphatic carbocycles. The molecule has 2 N–H and O–H groups in total. The third kappa shape index (κ3) is 4.72. The number of carbonyl (C=O) groups excluding carboxylic acids is 1. The fourth-order valence-electron chi connectivity index (χ4n) is 3.41. The lowest BCUT2D eigenvalue weighted by atomic mass is 10.2.